The van der Waals surface area contributed by atoms with Crippen molar-refractivity contribution in [1.29, 1.82) is 0 Å². The fourth-order valence-corrected chi connectivity index (χ4v) is 2.78. The zero-order chi connectivity index (χ0) is 16.3. The van der Waals surface area contributed by atoms with Crippen LogP contribution in [0.15, 0.2) is 36.4 Å². The highest BCUT2D eigenvalue weighted by Gasteiger charge is 2.12. The zero-order valence-corrected chi connectivity index (χ0v) is 14.0. The molecule has 0 bridgehead atoms. The van der Waals surface area contributed by atoms with Crippen LogP contribution in [0, 0.1) is 11.8 Å². The predicted molar refractivity (Wildman–Crippen MR) is 90.6 cm³/mol. The fraction of sp³-hybridized carbons (Fsp3) is 0.125. The van der Waals surface area contributed by atoms with Gasteiger partial charge in [-0.25, -0.2) is 0 Å². The van der Waals surface area contributed by atoms with E-state index < -0.39 is 12.2 Å². The van der Waals surface area contributed by atoms with Crippen molar-refractivity contribution in [2.45, 2.75) is 12.2 Å². The Kier molecular flexibility index (Phi) is 6.00. The van der Waals surface area contributed by atoms with Crippen LogP contribution in [0.2, 0.25) is 20.1 Å². The molecule has 114 valence electrons. The quantitative estimate of drug-likeness (QED) is 0.719. The zero-order valence-electron chi connectivity index (χ0n) is 11.0. The van der Waals surface area contributed by atoms with Gasteiger partial charge in [0.05, 0.1) is 0 Å². The third kappa shape index (κ3) is 4.30. The van der Waals surface area contributed by atoms with Crippen molar-refractivity contribution in [2.24, 2.45) is 0 Å². The Bertz CT molecular complexity index is 688. The van der Waals surface area contributed by atoms with Crippen LogP contribution in [-0.2, 0) is 0 Å². The Morgan fingerprint density at radius 1 is 0.682 bits per heavy atom. The van der Waals surface area contributed by atoms with Gasteiger partial charge in [-0.1, -0.05) is 70.4 Å². The predicted octanol–water partition coefficient (Wildman–Crippen LogP) is 5.07. The highest BCUT2D eigenvalue weighted by atomic mass is 35.5. The molecule has 0 aliphatic rings. The summed E-state index contributed by atoms with van der Waals surface area (Å²) in [6, 6.07) is 9.36. The van der Waals surface area contributed by atoms with Crippen LogP contribution < -0.4 is 0 Å². The Morgan fingerprint density at radius 2 is 1.05 bits per heavy atom. The molecule has 0 heterocycles. The second-order valence-corrected chi connectivity index (χ2v) is 6.11. The molecule has 2 unspecified atom stereocenters. The number of aliphatic hydroxyl groups is 2. The van der Waals surface area contributed by atoms with Crippen LogP contribution in [0.25, 0.3) is 0 Å². The third-order valence-electron chi connectivity index (χ3n) is 2.87. The standard InChI is InChI=1S/C16H10Cl4O2/c17-9-1-3-11(13(19)7-9)15(21)5-6-16(22)12-4-2-10(18)8-14(12)20/h1-4,7-8,15-16,21-22H. The number of benzene rings is 2. The average Bonchev–Trinajstić information content (AvgIpc) is 2.44. The van der Waals surface area contributed by atoms with E-state index in [0.29, 0.717) is 31.2 Å². The summed E-state index contributed by atoms with van der Waals surface area (Å²) in [5.41, 5.74) is 0.820. The summed E-state index contributed by atoms with van der Waals surface area (Å²) < 4.78 is 0. The summed E-state index contributed by atoms with van der Waals surface area (Å²) >= 11 is 23.6. The molecule has 0 spiro atoms. The first-order valence-corrected chi connectivity index (χ1v) is 7.66. The van der Waals surface area contributed by atoms with Gasteiger partial charge in [-0.2, -0.15) is 0 Å². The normalized spacial score (nSPS) is 13.2. The van der Waals surface area contributed by atoms with Gasteiger partial charge in [0, 0.05) is 31.2 Å². The van der Waals surface area contributed by atoms with Gasteiger partial charge >= 0.3 is 0 Å². The molecule has 2 nitrogen and oxygen atoms in total. The van der Waals surface area contributed by atoms with Gasteiger partial charge in [-0.15, -0.1) is 0 Å². The Labute approximate surface area is 148 Å². The monoisotopic (exact) mass is 374 g/mol. The first-order valence-electron chi connectivity index (χ1n) is 6.15. The lowest BCUT2D eigenvalue weighted by atomic mass is 10.1. The van der Waals surface area contributed by atoms with Crippen molar-refractivity contribution in [1.82, 2.24) is 0 Å². The molecule has 0 saturated heterocycles. The summed E-state index contributed by atoms with van der Waals surface area (Å²) in [5.74, 6) is 5.07. The third-order valence-corrected chi connectivity index (χ3v) is 4.00. The minimum Gasteiger partial charge on any atom is -0.376 e. The van der Waals surface area contributed by atoms with Crippen molar-refractivity contribution in [3.63, 3.8) is 0 Å². The van der Waals surface area contributed by atoms with Gasteiger partial charge < -0.3 is 10.2 Å². The van der Waals surface area contributed by atoms with Crippen LogP contribution >= 0.6 is 46.4 Å². The Balaban J connectivity index is 2.21. The van der Waals surface area contributed by atoms with Crippen molar-refractivity contribution < 1.29 is 10.2 Å². The van der Waals surface area contributed by atoms with E-state index in [1.165, 1.54) is 12.1 Å². The van der Waals surface area contributed by atoms with Crippen LogP contribution in [0.3, 0.4) is 0 Å². The van der Waals surface area contributed by atoms with E-state index in [4.69, 9.17) is 46.4 Å². The Hall–Kier alpha value is -0.920. The first-order chi connectivity index (χ1) is 10.4. The Morgan fingerprint density at radius 3 is 1.36 bits per heavy atom. The molecule has 2 rings (SSSR count). The maximum absolute atomic E-state index is 10.0. The molecule has 6 heteroatoms. The first kappa shape index (κ1) is 17.4. The molecular formula is C16H10Cl4O2. The van der Waals surface area contributed by atoms with Gasteiger partial charge in [0.25, 0.3) is 0 Å². The lowest BCUT2D eigenvalue weighted by molar-refractivity contribution is 0.227. The SMILES string of the molecule is OC(C#CC(O)c1ccc(Cl)cc1Cl)c1ccc(Cl)cc1Cl. The maximum atomic E-state index is 10.0. The van der Waals surface area contributed by atoms with Crippen molar-refractivity contribution in [2.75, 3.05) is 0 Å². The second kappa shape index (κ2) is 7.57. The molecule has 0 aliphatic carbocycles. The van der Waals surface area contributed by atoms with Gasteiger partial charge in [0.15, 0.2) is 0 Å². The van der Waals surface area contributed by atoms with Crippen LogP contribution in [0.1, 0.15) is 23.3 Å². The number of hydrogen-bond acceptors (Lipinski definition) is 2. The maximum Gasteiger partial charge on any atom is 0.141 e. The van der Waals surface area contributed by atoms with E-state index in [2.05, 4.69) is 11.8 Å². The summed E-state index contributed by atoms with van der Waals surface area (Å²) in [6.45, 7) is 0. The molecule has 2 atom stereocenters. The molecule has 0 amide bonds. The molecule has 0 fully saturated rings. The molecule has 0 aromatic heterocycles. The van der Waals surface area contributed by atoms with Crippen LogP contribution in [-0.4, -0.2) is 10.2 Å². The lowest BCUT2D eigenvalue weighted by Crippen LogP contribution is -1.98. The lowest BCUT2D eigenvalue weighted by Gasteiger charge is -2.09. The molecule has 2 aromatic carbocycles. The van der Waals surface area contributed by atoms with E-state index >= 15 is 0 Å². The number of halogens is 4. The van der Waals surface area contributed by atoms with Crippen LogP contribution in [0.5, 0.6) is 0 Å². The number of hydrogen-bond donors (Lipinski definition) is 2. The van der Waals surface area contributed by atoms with E-state index in [9.17, 15) is 10.2 Å². The van der Waals surface area contributed by atoms with Crippen molar-refractivity contribution in [3.8, 4) is 11.8 Å². The molecular weight excluding hydrogens is 366 g/mol. The minimum atomic E-state index is -1.15. The molecule has 2 aromatic rings. The van der Waals surface area contributed by atoms with E-state index in [-0.39, 0.29) is 0 Å². The fourth-order valence-electron chi connectivity index (χ4n) is 1.76. The second-order valence-electron chi connectivity index (χ2n) is 4.43. The largest absolute Gasteiger partial charge is 0.376 e. The topological polar surface area (TPSA) is 40.5 Å². The van der Waals surface area contributed by atoms with Crippen LogP contribution in [0.4, 0.5) is 0 Å². The van der Waals surface area contributed by atoms with E-state index in [1.54, 1.807) is 24.3 Å². The summed E-state index contributed by atoms with van der Waals surface area (Å²) in [4.78, 5) is 0. The summed E-state index contributed by atoms with van der Waals surface area (Å²) in [6.07, 6.45) is -2.30. The molecule has 0 aliphatic heterocycles. The van der Waals surface area contributed by atoms with Gasteiger partial charge in [-0.3, -0.25) is 0 Å². The van der Waals surface area contributed by atoms with Crippen molar-refractivity contribution in [3.05, 3.63) is 67.6 Å². The highest BCUT2D eigenvalue weighted by Crippen LogP contribution is 2.28. The molecule has 2 N–H and O–H groups in total. The highest BCUT2D eigenvalue weighted by molar-refractivity contribution is 6.35. The number of rotatable bonds is 2. The molecule has 22 heavy (non-hydrogen) atoms. The van der Waals surface area contributed by atoms with Gasteiger partial charge in [0.2, 0.25) is 0 Å². The summed E-state index contributed by atoms with van der Waals surface area (Å²) in [7, 11) is 0. The van der Waals surface area contributed by atoms with E-state index in [0.717, 1.165) is 0 Å². The minimum absolute atomic E-state index is 0.299. The average molecular weight is 376 g/mol. The smallest absolute Gasteiger partial charge is 0.141 e. The molecule has 0 saturated carbocycles. The number of aliphatic hydroxyl groups excluding tert-OH is 2. The molecule has 0 radical (unpaired) electrons. The summed E-state index contributed by atoms with van der Waals surface area (Å²) in [5, 5.41) is 21.6. The van der Waals surface area contributed by atoms with E-state index in [1.807, 2.05) is 0 Å². The van der Waals surface area contributed by atoms with Crippen molar-refractivity contribution >= 4 is 46.4 Å². The van der Waals surface area contributed by atoms with Gasteiger partial charge in [0.1, 0.15) is 12.2 Å². The van der Waals surface area contributed by atoms with Gasteiger partial charge in [-0.05, 0) is 24.3 Å².